The van der Waals surface area contributed by atoms with Gasteiger partial charge in [-0.05, 0) is 32.5 Å². The Morgan fingerprint density at radius 1 is 1.30 bits per heavy atom. The van der Waals surface area contributed by atoms with Gasteiger partial charge in [0.25, 0.3) is 0 Å². The Morgan fingerprint density at radius 2 is 2.04 bits per heavy atom. The first kappa shape index (κ1) is 17.9. The molecular weight excluding hydrogens is 360 g/mol. The average Bonchev–Trinajstić information content (AvgIpc) is 3.31. The van der Waals surface area contributed by atoms with Crippen LogP contribution in [0.2, 0.25) is 0 Å². The first-order valence-electron chi connectivity index (χ1n) is 8.87. The fourth-order valence-corrected chi connectivity index (χ4v) is 4.34. The number of amides is 1. The van der Waals surface area contributed by atoms with E-state index in [0.29, 0.717) is 16.5 Å². The summed E-state index contributed by atoms with van der Waals surface area (Å²) in [5.41, 5.74) is 2.44. The van der Waals surface area contributed by atoms with Gasteiger partial charge in [-0.15, -0.1) is 0 Å². The van der Waals surface area contributed by atoms with E-state index >= 15 is 0 Å². The number of carbonyl (C=O) groups is 1. The van der Waals surface area contributed by atoms with Gasteiger partial charge in [0.15, 0.2) is 5.13 Å². The third-order valence-electron chi connectivity index (χ3n) is 4.84. The Labute approximate surface area is 162 Å². The molecule has 0 saturated heterocycles. The number of nitrogens with one attached hydrogen (secondary N) is 1. The zero-order chi connectivity index (χ0) is 19.0. The van der Waals surface area contributed by atoms with Crippen LogP contribution >= 0.6 is 11.3 Å². The Balaban J connectivity index is 1.70. The standard InChI is InChI=1S/C20H22N4O2S/c1-24(2)12-20(9-10-20)18(25)23-19-22-15-16(27-19)14(11-21-17(15)26-3)13-7-5-4-6-8-13/h4-8,11H,9-10,12H2,1-3H3,(H,22,23,25). The van der Waals surface area contributed by atoms with Gasteiger partial charge in [0, 0.05) is 18.3 Å². The van der Waals surface area contributed by atoms with Gasteiger partial charge in [0.1, 0.15) is 5.52 Å². The Hall–Kier alpha value is -2.51. The minimum absolute atomic E-state index is 0.0449. The summed E-state index contributed by atoms with van der Waals surface area (Å²) in [5, 5.41) is 3.61. The Kier molecular flexibility index (Phi) is 4.57. The van der Waals surface area contributed by atoms with Gasteiger partial charge in [-0.3, -0.25) is 4.79 Å². The number of benzene rings is 1. The number of carbonyl (C=O) groups excluding carboxylic acids is 1. The van der Waals surface area contributed by atoms with Gasteiger partial charge in [-0.25, -0.2) is 9.97 Å². The lowest BCUT2D eigenvalue weighted by atomic mass is 10.1. The molecule has 1 aliphatic carbocycles. The Bertz CT molecular complexity index is 980. The molecule has 6 nitrogen and oxygen atoms in total. The molecule has 0 aliphatic heterocycles. The minimum Gasteiger partial charge on any atom is -0.479 e. The van der Waals surface area contributed by atoms with Crippen molar-refractivity contribution >= 4 is 32.6 Å². The Morgan fingerprint density at radius 3 is 2.67 bits per heavy atom. The molecule has 0 radical (unpaired) electrons. The monoisotopic (exact) mass is 382 g/mol. The fraction of sp³-hybridized carbons (Fsp3) is 0.350. The number of methoxy groups -OCH3 is 1. The van der Waals surface area contributed by atoms with Crippen LogP contribution in [-0.4, -0.2) is 48.5 Å². The minimum atomic E-state index is -0.286. The SMILES string of the molecule is COc1ncc(-c2ccccc2)c2sc(NC(=O)C3(CN(C)C)CC3)nc12. The van der Waals surface area contributed by atoms with Gasteiger partial charge in [0.2, 0.25) is 11.8 Å². The maximum absolute atomic E-state index is 12.8. The lowest BCUT2D eigenvalue weighted by Gasteiger charge is -2.18. The number of hydrogen-bond acceptors (Lipinski definition) is 6. The molecule has 0 bridgehead atoms. The van der Waals surface area contributed by atoms with Gasteiger partial charge in [-0.2, -0.15) is 0 Å². The van der Waals surface area contributed by atoms with Crippen molar-refractivity contribution in [2.24, 2.45) is 5.41 Å². The van der Waals surface area contributed by atoms with Crippen molar-refractivity contribution in [3.8, 4) is 17.0 Å². The topological polar surface area (TPSA) is 67.3 Å². The number of rotatable bonds is 6. The van der Waals surface area contributed by atoms with Crippen LogP contribution in [0.15, 0.2) is 36.5 Å². The average molecular weight is 382 g/mol. The van der Waals surface area contributed by atoms with Crippen molar-refractivity contribution in [2.75, 3.05) is 33.1 Å². The van der Waals surface area contributed by atoms with Gasteiger partial charge >= 0.3 is 0 Å². The van der Waals surface area contributed by atoms with Crippen LogP contribution in [-0.2, 0) is 4.79 Å². The molecule has 2 heterocycles. The van der Waals surface area contributed by atoms with E-state index < -0.39 is 0 Å². The molecule has 27 heavy (non-hydrogen) atoms. The molecule has 7 heteroatoms. The zero-order valence-corrected chi connectivity index (χ0v) is 16.5. The van der Waals surface area contributed by atoms with Crippen LogP contribution in [0.5, 0.6) is 5.88 Å². The van der Waals surface area contributed by atoms with Crippen molar-refractivity contribution in [3.63, 3.8) is 0 Å². The quantitative estimate of drug-likeness (QED) is 0.705. The number of hydrogen-bond donors (Lipinski definition) is 1. The van der Waals surface area contributed by atoms with Crippen molar-refractivity contribution in [3.05, 3.63) is 36.5 Å². The fourth-order valence-electron chi connectivity index (χ4n) is 3.36. The second-order valence-electron chi connectivity index (χ2n) is 7.22. The molecule has 1 amide bonds. The third-order valence-corrected chi connectivity index (χ3v) is 5.84. The highest BCUT2D eigenvalue weighted by Crippen LogP contribution is 2.47. The van der Waals surface area contributed by atoms with E-state index in [1.807, 2.05) is 44.4 Å². The van der Waals surface area contributed by atoms with Crippen molar-refractivity contribution in [2.45, 2.75) is 12.8 Å². The van der Waals surface area contributed by atoms with Crippen LogP contribution in [0.4, 0.5) is 5.13 Å². The second kappa shape index (κ2) is 6.90. The van der Waals surface area contributed by atoms with Gasteiger partial charge < -0.3 is 15.0 Å². The maximum atomic E-state index is 12.8. The van der Waals surface area contributed by atoms with E-state index in [1.54, 1.807) is 13.3 Å². The highest BCUT2D eigenvalue weighted by Gasteiger charge is 2.50. The molecule has 0 unspecified atom stereocenters. The number of nitrogens with zero attached hydrogens (tertiary/aromatic N) is 3. The summed E-state index contributed by atoms with van der Waals surface area (Å²) in [6, 6.07) is 10.0. The summed E-state index contributed by atoms with van der Waals surface area (Å²) < 4.78 is 6.34. The molecule has 1 fully saturated rings. The smallest absolute Gasteiger partial charge is 0.241 e. The number of thiazole rings is 1. The molecule has 1 N–H and O–H groups in total. The van der Waals surface area contributed by atoms with Crippen LogP contribution in [0.3, 0.4) is 0 Å². The molecule has 140 valence electrons. The number of anilines is 1. The molecular formula is C20H22N4O2S. The third kappa shape index (κ3) is 3.40. The van der Waals surface area contributed by atoms with Gasteiger partial charge in [0.05, 0.1) is 17.2 Å². The highest BCUT2D eigenvalue weighted by molar-refractivity contribution is 7.23. The van der Waals surface area contributed by atoms with E-state index in [0.717, 1.165) is 35.2 Å². The maximum Gasteiger partial charge on any atom is 0.241 e. The molecule has 3 aromatic rings. The predicted octanol–water partition coefficient (Wildman–Crippen LogP) is 3.65. The molecule has 0 spiro atoms. The molecule has 2 aromatic heterocycles. The van der Waals surface area contributed by atoms with Crippen molar-refractivity contribution in [1.82, 2.24) is 14.9 Å². The number of fused-ring (bicyclic) bond motifs is 1. The van der Waals surface area contributed by atoms with E-state index in [-0.39, 0.29) is 11.3 Å². The van der Waals surface area contributed by atoms with E-state index in [2.05, 4.69) is 20.2 Å². The van der Waals surface area contributed by atoms with Crippen LogP contribution in [0, 0.1) is 5.41 Å². The number of aromatic nitrogens is 2. The van der Waals surface area contributed by atoms with Crippen LogP contribution < -0.4 is 10.1 Å². The van der Waals surface area contributed by atoms with E-state index in [1.165, 1.54) is 11.3 Å². The highest BCUT2D eigenvalue weighted by atomic mass is 32.1. The lowest BCUT2D eigenvalue weighted by Crippen LogP contribution is -2.33. The molecule has 0 atom stereocenters. The largest absolute Gasteiger partial charge is 0.479 e. The summed E-state index contributed by atoms with van der Waals surface area (Å²) in [4.78, 5) is 23.9. The van der Waals surface area contributed by atoms with Crippen LogP contribution in [0.25, 0.3) is 21.3 Å². The molecule has 1 saturated carbocycles. The number of pyridine rings is 1. The van der Waals surface area contributed by atoms with Crippen molar-refractivity contribution < 1.29 is 9.53 Å². The van der Waals surface area contributed by atoms with E-state index in [9.17, 15) is 4.79 Å². The first-order chi connectivity index (χ1) is 13.0. The number of ether oxygens (including phenoxy) is 1. The van der Waals surface area contributed by atoms with E-state index in [4.69, 9.17) is 4.74 Å². The summed E-state index contributed by atoms with van der Waals surface area (Å²) in [7, 11) is 5.57. The van der Waals surface area contributed by atoms with Crippen LogP contribution in [0.1, 0.15) is 12.8 Å². The molecule has 1 aliphatic rings. The summed E-state index contributed by atoms with van der Waals surface area (Å²) in [6.45, 7) is 0.754. The van der Waals surface area contributed by atoms with Crippen molar-refractivity contribution in [1.29, 1.82) is 0 Å². The normalized spacial score (nSPS) is 15.1. The van der Waals surface area contributed by atoms with Gasteiger partial charge in [-0.1, -0.05) is 41.7 Å². The zero-order valence-electron chi connectivity index (χ0n) is 15.7. The first-order valence-corrected chi connectivity index (χ1v) is 9.69. The second-order valence-corrected chi connectivity index (χ2v) is 8.22. The molecule has 1 aromatic carbocycles. The summed E-state index contributed by atoms with van der Waals surface area (Å²) >= 11 is 1.46. The predicted molar refractivity (Wildman–Crippen MR) is 108 cm³/mol. The molecule has 4 rings (SSSR count). The summed E-state index contributed by atoms with van der Waals surface area (Å²) in [5.74, 6) is 0.513. The lowest BCUT2D eigenvalue weighted by molar-refractivity contribution is -0.121. The summed E-state index contributed by atoms with van der Waals surface area (Å²) in [6.07, 6.45) is 3.64.